The van der Waals surface area contributed by atoms with Gasteiger partial charge in [0.25, 0.3) is 0 Å². The van der Waals surface area contributed by atoms with Gasteiger partial charge in [-0.25, -0.2) is 4.39 Å². The summed E-state index contributed by atoms with van der Waals surface area (Å²) in [6.45, 7) is 1.66. The van der Waals surface area contributed by atoms with E-state index in [4.69, 9.17) is 5.73 Å². The molecule has 1 atom stereocenters. The van der Waals surface area contributed by atoms with Gasteiger partial charge in [0.15, 0.2) is 5.01 Å². The second-order valence-electron chi connectivity index (χ2n) is 3.90. The maximum Gasteiger partial charge on any atom is 0.419 e. The first-order valence-corrected chi connectivity index (χ1v) is 6.07. The third kappa shape index (κ3) is 2.74. The first kappa shape index (κ1) is 13.9. The van der Waals surface area contributed by atoms with Crippen LogP contribution in [-0.2, 0) is 6.18 Å². The number of benzene rings is 1. The molecule has 1 aromatic carbocycles. The maximum atomic E-state index is 13.9. The van der Waals surface area contributed by atoms with E-state index in [1.807, 2.05) is 0 Å². The summed E-state index contributed by atoms with van der Waals surface area (Å²) in [4.78, 5) is 0. The molecule has 1 heterocycles. The van der Waals surface area contributed by atoms with Crippen LogP contribution in [0, 0.1) is 5.82 Å². The summed E-state index contributed by atoms with van der Waals surface area (Å²) < 4.78 is 51.6. The number of alkyl halides is 3. The van der Waals surface area contributed by atoms with Crippen LogP contribution < -0.4 is 5.73 Å². The smallest absolute Gasteiger partial charge is 0.322 e. The van der Waals surface area contributed by atoms with Crippen molar-refractivity contribution >= 4 is 11.3 Å². The van der Waals surface area contributed by atoms with E-state index < -0.39 is 23.6 Å². The Bertz CT molecular complexity index is 592. The molecule has 0 aliphatic carbocycles. The second-order valence-corrected chi connectivity index (χ2v) is 4.91. The predicted molar refractivity (Wildman–Crippen MR) is 62.9 cm³/mol. The molecule has 0 saturated carbocycles. The molecule has 3 nitrogen and oxygen atoms in total. The Hall–Kier alpha value is -1.54. The van der Waals surface area contributed by atoms with E-state index in [0.717, 1.165) is 17.4 Å². The SMILES string of the molecule is CC(N)c1nnc(-c2cccc(C(F)(F)F)c2F)s1. The highest BCUT2D eigenvalue weighted by atomic mass is 32.1. The third-order valence-electron chi connectivity index (χ3n) is 2.36. The van der Waals surface area contributed by atoms with Gasteiger partial charge < -0.3 is 5.73 Å². The Morgan fingerprint density at radius 1 is 1.26 bits per heavy atom. The fourth-order valence-corrected chi connectivity index (χ4v) is 2.26. The summed E-state index contributed by atoms with van der Waals surface area (Å²) in [7, 11) is 0. The van der Waals surface area contributed by atoms with Gasteiger partial charge in [-0.1, -0.05) is 17.4 Å². The van der Waals surface area contributed by atoms with Gasteiger partial charge in [0, 0.05) is 5.56 Å². The van der Waals surface area contributed by atoms with Crippen LogP contribution in [0.25, 0.3) is 10.6 Å². The normalized spacial score (nSPS) is 13.6. The molecule has 0 amide bonds. The molecule has 0 bridgehead atoms. The number of hydrogen-bond donors (Lipinski definition) is 1. The topological polar surface area (TPSA) is 51.8 Å². The van der Waals surface area contributed by atoms with E-state index in [1.165, 1.54) is 6.07 Å². The van der Waals surface area contributed by atoms with Crippen molar-refractivity contribution in [2.45, 2.75) is 19.1 Å². The number of nitrogens with two attached hydrogens (primary N) is 1. The van der Waals surface area contributed by atoms with Crippen LogP contribution >= 0.6 is 11.3 Å². The summed E-state index contributed by atoms with van der Waals surface area (Å²) >= 11 is 0.973. The standard InChI is InChI=1S/C11H9F4N3S/c1-5(16)9-17-18-10(19-9)6-3-2-4-7(8(6)12)11(13,14)15/h2-5H,16H2,1H3. The van der Waals surface area contributed by atoms with E-state index in [9.17, 15) is 17.6 Å². The zero-order valence-electron chi connectivity index (χ0n) is 9.70. The molecule has 102 valence electrons. The van der Waals surface area contributed by atoms with E-state index in [2.05, 4.69) is 10.2 Å². The summed E-state index contributed by atoms with van der Waals surface area (Å²) in [6, 6.07) is 2.65. The Labute approximate surface area is 110 Å². The van der Waals surface area contributed by atoms with Crippen molar-refractivity contribution in [1.82, 2.24) is 10.2 Å². The van der Waals surface area contributed by atoms with Gasteiger partial charge >= 0.3 is 6.18 Å². The lowest BCUT2D eigenvalue weighted by Crippen LogP contribution is -2.08. The van der Waals surface area contributed by atoms with Crippen LogP contribution in [0.3, 0.4) is 0 Å². The average Bonchev–Trinajstić information content (AvgIpc) is 2.77. The molecular formula is C11H9F4N3S. The Balaban J connectivity index is 2.51. The van der Waals surface area contributed by atoms with E-state index in [1.54, 1.807) is 6.92 Å². The summed E-state index contributed by atoms with van der Waals surface area (Å²) in [5, 5.41) is 7.91. The average molecular weight is 291 g/mol. The van der Waals surface area contributed by atoms with E-state index in [-0.39, 0.29) is 10.6 Å². The van der Waals surface area contributed by atoms with Crippen molar-refractivity contribution in [1.29, 1.82) is 0 Å². The van der Waals surface area contributed by atoms with Gasteiger partial charge in [-0.3, -0.25) is 0 Å². The number of rotatable bonds is 2. The van der Waals surface area contributed by atoms with Crippen LogP contribution in [0.5, 0.6) is 0 Å². The van der Waals surface area contributed by atoms with Crippen LogP contribution in [0.2, 0.25) is 0 Å². The maximum absolute atomic E-state index is 13.9. The minimum Gasteiger partial charge on any atom is -0.322 e. The van der Waals surface area contributed by atoms with Crippen LogP contribution in [0.4, 0.5) is 17.6 Å². The molecule has 0 radical (unpaired) electrons. The molecule has 1 unspecified atom stereocenters. The third-order valence-corrected chi connectivity index (χ3v) is 3.52. The van der Waals surface area contributed by atoms with Gasteiger partial charge in [-0.05, 0) is 19.1 Å². The van der Waals surface area contributed by atoms with Gasteiger partial charge in [0.2, 0.25) is 0 Å². The minimum absolute atomic E-state index is 0.0795. The zero-order valence-corrected chi connectivity index (χ0v) is 10.5. The second kappa shape index (κ2) is 4.86. The monoisotopic (exact) mass is 291 g/mol. The molecule has 1 aromatic heterocycles. The van der Waals surface area contributed by atoms with Crippen LogP contribution in [-0.4, -0.2) is 10.2 Å². The summed E-state index contributed by atoms with van der Waals surface area (Å²) in [6.07, 6.45) is -4.74. The molecule has 0 saturated heterocycles. The minimum atomic E-state index is -4.74. The van der Waals surface area contributed by atoms with Gasteiger partial charge in [-0.2, -0.15) is 13.2 Å². The fraction of sp³-hybridized carbons (Fsp3) is 0.273. The highest BCUT2D eigenvalue weighted by Crippen LogP contribution is 2.36. The first-order valence-electron chi connectivity index (χ1n) is 5.25. The quantitative estimate of drug-likeness (QED) is 0.863. The summed E-state index contributed by atoms with van der Waals surface area (Å²) in [5.74, 6) is -1.35. The highest BCUT2D eigenvalue weighted by Gasteiger charge is 2.35. The first-order chi connectivity index (χ1) is 8.80. The number of halogens is 4. The van der Waals surface area contributed by atoms with Crippen LogP contribution in [0.15, 0.2) is 18.2 Å². The largest absolute Gasteiger partial charge is 0.419 e. The Morgan fingerprint density at radius 3 is 2.47 bits per heavy atom. The molecule has 2 N–H and O–H groups in total. The lowest BCUT2D eigenvalue weighted by molar-refractivity contribution is -0.139. The molecule has 19 heavy (non-hydrogen) atoms. The van der Waals surface area contributed by atoms with Crippen molar-refractivity contribution < 1.29 is 17.6 Å². The predicted octanol–water partition coefficient (Wildman–Crippen LogP) is 3.38. The van der Waals surface area contributed by atoms with Crippen LogP contribution in [0.1, 0.15) is 23.5 Å². The molecule has 0 aliphatic rings. The number of aromatic nitrogens is 2. The molecule has 0 aliphatic heterocycles. The van der Waals surface area contributed by atoms with E-state index >= 15 is 0 Å². The van der Waals surface area contributed by atoms with Gasteiger partial charge in [0.1, 0.15) is 10.8 Å². The molecule has 0 spiro atoms. The zero-order chi connectivity index (χ0) is 14.2. The van der Waals surface area contributed by atoms with Gasteiger partial charge in [0.05, 0.1) is 11.6 Å². The fourth-order valence-electron chi connectivity index (χ4n) is 1.44. The summed E-state index contributed by atoms with van der Waals surface area (Å²) in [5.41, 5.74) is 4.04. The van der Waals surface area contributed by atoms with Crippen molar-refractivity contribution in [3.8, 4) is 10.6 Å². The Kier molecular flexibility index (Phi) is 3.55. The number of hydrogen-bond acceptors (Lipinski definition) is 4. The molecular weight excluding hydrogens is 282 g/mol. The molecule has 8 heteroatoms. The lowest BCUT2D eigenvalue weighted by atomic mass is 10.1. The molecule has 0 fully saturated rings. The van der Waals surface area contributed by atoms with Crippen molar-refractivity contribution in [3.05, 3.63) is 34.6 Å². The molecule has 2 rings (SSSR count). The number of nitrogens with zero attached hydrogens (tertiary/aromatic N) is 2. The van der Waals surface area contributed by atoms with Crippen molar-refractivity contribution in [2.24, 2.45) is 5.73 Å². The van der Waals surface area contributed by atoms with Gasteiger partial charge in [-0.15, -0.1) is 10.2 Å². The van der Waals surface area contributed by atoms with E-state index in [0.29, 0.717) is 11.1 Å². The molecule has 2 aromatic rings. The van der Waals surface area contributed by atoms with Crippen molar-refractivity contribution in [2.75, 3.05) is 0 Å². The van der Waals surface area contributed by atoms with Crippen molar-refractivity contribution in [3.63, 3.8) is 0 Å². The Morgan fingerprint density at radius 2 is 1.95 bits per heavy atom. The lowest BCUT2D eigenvalue weighted by Gasteiger charge is -2.09. The highest BCUT2D eigenvalue weighted by molar-refractivity contribution is 7.14.